The van der Waals surface area contributed by atoms with E-state index in [0.717, 1.165) is 17.0 Å². The van der Waals surface area contributed by atoms with E-state index in [2.05, 4.69) is 5.32 Å². The molecule has 2 amide bonds. The van der Waals surface area contributed by atoms with Crippen LogP contribution >= 0.6 is 35.4 Å². The predicted octanol–water partition coefficient (Wildman–Crippen LogP) is 3.43. The first-order valence-corrected chi connectivity index (χ1v) is 9.34. The number of hydrogen-bond acceptors (Lipinski definition) is 5. The fraction of sp³-hybridized carbons (Fsp3) is 0.0526. The summed E-state index contributed by atoms with van der Waals surface area (Å²) in [6.07, 6.45) is 1.24. The van der Waals surface area contributed by atoms with Crippen LogP contribution in [0.3, 0.4) is 0 Å². The molecule has 1 fully saturated rings. The quantitative estimate of drug-likeness (QED) is 0.396. The molecule has 0 aliphatic carbocycles. The van der Waals surface area contributed by atoms with Crippen molar-refractivity contribution in [1.29, 1.82) is 0 Å². The van der Waals surface area contributed by atoms with Gasteiger partial charge in [0.05, 0.1) is 15.7 Å². The second-order valence-electron chi connectivity index (χ2n) is 5.93. The first-order chi connectivity index (χ1) is 14.2. The maximum Gasteiger partial charge on any atom is 0.341 e. The molecule has 0 aromatic heterocycles. The van der Waals surface area contributed by atoms with Gasteiger partial charge in [-0.05, 0) is 60.3 Å². The van der Waals surface area contributed by atoms with Gasteiger partial charge in [0, 0.05) is 0 Å². The maximum absolute atomic E-state index is 13.2. The highest BCUT2D eigenvalue weighted by atomic mass is 35.5. The van der Waals surface area contributed by atoms with Crippen molar-refractivity contribution in [2.24, 2.45) is 0 Å². The van der Waals surface area contributed by atoms with Crippen LogP contribution in [0.25, 0.3) is 6.08 Å². The van der Waals surface area contributed by atoms with Crippen LogP contribution in [0.5, 0.6) is 5.75 Å². The van der Waals surface area contributed by atoms with Gasteiger partial charge in [-0.25, -0.2) is 9.18 Å². The smallest absolute Gasteiger partial charge is 0.341 e. The normalized spacial score (nSPS) is 15.4. The second kappa shape index (κ2) is 8.78. The van der Waals surface area contributed by atoms with Crippen LogP contribution < -0.4 is 15.0 Å². The molecule has 1 aliphatic rings. The highest BCUT2D eigenvalue weighted by molar-refractivity contribution is 7.80. The van der Waals surface area contributed by atoms with Gasteiger partial charge in [-0.15, -0.1) is 0 Å². The Hall–Kier alpha value is -3.01. The summed E-state index contributed by atoms with van der Waals surface area (Å²) in [6, 6.07) is 7.70. The highest BCUT2D eigenvalue weighted by Gasteiger charge is 2.34. The third kappa shape index (κ3) is 4.59. The first kappa shape index (κ1) is 21.7. The molecular formula is C19H11Cl2FN2O5S. The Morgan fingerprint density at radius 2 is 1.80 bits per heavy atom. The summed E-state index contributed by atoms with van der Waals surface area (Å²) in [7, 11) is 0. The van der Waals surface area contributed by atoms with Gasteiger partial charge >= 0.3 is 5.97 Å². The van der Waals surface area contributed by atoms with Crippen LogP contribution in [-0.2, 0) is 14.4 Å². The van der Waals surface area contributed by atoms with Gasteiger partial charge < -0.3 is 9.84 Å². The lowest BCUT2D eigenvalue weighted by Crippen LogP contribution is -2.54. The van der Waals surface area contributed by atoms with Crippen LogP contribution in [-0.4, -0.2) is 34.6 Å². The van der Waals surface area contributed by atoms with Crippen molar-refractivity contribution < 1.29 is 28.6 Å². The zero-order valence-electron chi connectivity index (χ0n) is 14.8. The standard InChI is InChI=1S/C19H11Cl2FN2O5S/c20-13-6-9(7-14(21)16(13)29-8-15(25)26)5-12-17(27)23-19(30)24(18(12)28)11-3-1-10(22)2-4-11/h1-7H,8H2,(H,25,26)(H,23,27,30)/b12-5+. The van der Waals surface area contributed by atoms with Gasteiger partial charge in [-0.3, -0.25) is 19.8 Å². The number of nitrogens with zero attached hydrogens (tertiary/aromatic N) is 1. The molecule has 0 spiro atoms. The van der Waals surface area contributed by atoms with Crippen molar-refractivity contribution >= 4 is 70.1 Å². The number of hydrogen-bond donors (Lipinski definition) is 2. The summed E-state index contributed by atoms with van der Waals surface area (Å²) in [5.74, 6) is -3.22. The number of thiocarbonyl (C=S) groups is 1. The molecule has 30 heavy (non-hydrogen) atoms. The molecule has 2 aromatic carbocycles. The van der Waals surface area contributed by atoms with Gasteiger partial charge in [-0.1, -0.05) is 23.2 Å². The number of nitrogens with one attached hydrogen (secondary N) is 1. The minimum absolute atomic E-state index is 0.00909. The lowest BCUT2D eigenvalue weighted by Gasteiger charge is -2.28. The van der Waals surface area contributed by atoms with E-state index < -0.39 is 30.2 Å². The zero-order chi connectivity index (χ0) is 22.0. The number of carbonyl (C=O) groups excluding carboxylic acids is 2. The van der Waals surface area contributed by atoms with Crippen LogP contribution in [0, 0.1) is 5.82 Å². The Morgan fingerprint density at radius 1 is 1.20 bits per heavy atom. The lowest BCUT2D eigenvalue weighted by molar-refractivity contribution is -0.139. The van der Waals surface area contributed by atoms with E-state index in [4.69, 9.17) is 45.3 Å². The lowest BCUT2D eigenvalue weighted by atomic mass is 10.1. The molecule has 154 valence electrons. The number of rotatable bonds is 5. The van der Waals surface area contributed by atoms with Gasteiger partial charge in [0.25, 0.3) is 11.8 Å². The van der Waals surface area contributed by atoms with Crippen molar-refractivity contribution in [3.63, 3.8) is 0 Å². The van der Waals surface area contributed by atoms with Crippen molar-refractivity contribution in [2.75, 3.05) is 11.5 Å². The topological polar surface area (TPSA) is 95.9 Å². The predicted molar refractivity (Wildman–Crippen MR) is 112 cm³/mol. The number of carboxylic acids is 1. The maximum atomic E-state index is 13.2. The Balaban J connectivity index is 1.96. The Kier molecular flexibility index (Phi) is 6.35. The van der Waals surface area contributed by atoms with Crippen LogP contribution in [0.4, 0.5) is 10.1 Å². The second-order valence-corrected chi connectivity index (χ2v) is 7.13. The summed E-state index contributed by atoms with van der Waals surface area (Å²) in [6.45, 7) is -0.648. The fourth-order valence-electron chi connectivity index (χ4n) is 2.58. The van der Waals surface area contributed by atoms with E-state index in [0.29, 0.717) is 0 Å². The van der Waals surface area contributed by atoms with E-state index in [9.17, 15) is 18.8 Å². The van der Waals surface area contributed by atoms with Crippen molar-refractivity contribution in [3.05, 3.63) is 63.4 Å². The van der Waals surface area contributed by atoms with Crippen LogP contribution in [0.1, 0.15) is 5.56 Å². The van der Waals surface area contributed by atoms with E-state index in [1.165, 1.54) is 30.3 Å². The Labute approximate surface area is 184 Å². The van der Waals surface area contributed by atoms with Gasteiger partial charge in [0.1, 0.15) is 11.4 Å². The SMILES string of the molecule is O=C(O)COc1c(Cl)cc(/C=C2\C(=O)NC(=S)N(c3ccc(F)cc3)C2=O)cc1Cl. The zero-order valence-corrected chi connectivity index (χ0v) is 17.1. The van der Waals surface area contributed by atoms with Gasteiger partial charge in [0.15, 0.2) is 17.5 Å². The molecule has 1 saturated heterocycles. The van der Waals surface area contributed by atoms with E-state index in [1.807, 2.05) is 0 Å². The van der Waals surface area contributed by atoms with Crippen molar-refractivity contribution in [3.8, 4) is 5.75 Å². The summed E-state index contributed by atoms with van der Waals surface area (Å²) >= 11 is 17.2. The number of halogens is 3. The Bertz CT molecular complexity index is 1080. The minimum Gasteiger partial charge on any atom is -0.479 e. The van der Waals surface area contributed by atoms with Crippen LogP contribution in [0.2, 0.25) is 10.0 Å². The first-order valence-electron chi connectivity index (χ1n) is 8.18. The number of aliphatic carboxylic acids is 1. The number of anilines is 1. The van der Waals surface area contributed by atoms with E-state index >= 15 is 0 Å². The van der Waals surface area contributed by atoms with Gasteiger partial charge in [0.2, 0.25) is 0 Å². The Morgan fingerprint density at radius 3 is 2.37 bits per heavy atom. The summed E-state index contributed by atoms with van der Waals surface area (Å²) in [5, 5.41) is 10.9. The van der Waals surface area contributed by atoms with Crippen molar-refractivity contribution in [1.82, 2.24) is 5.32 Å². The highest BCUT2D eigenvalue weighted by Crippen LogP contribution is 2.35. The van der Waals surface area contributed by atoms with E-state index in [1.54, 1.807) is 0 Å². The molecule has 3 rings (SSSR count). The average Bonchev–Trinajstić information content (AvgIpc) is 2.65. The van der Waals surface area contributed by atoms with Crippen molar-refractivity contribution in [2.45, 2.75) is 0 Å². The molecule has 2 N–H and O–H groups in total. The molecule has 1 aliphatic heterocycles. The number of carbonyl (C=O) groups is 3. The van der Waals surface area contributed by atoms with Gasteiger partial charge in [-0.2, -0.15) is 0 Å². The molecule has 0 unspecified atom stereocenters. The number of amides is 2. The number of ether oxygens (including phenoxy) is 1. The average molecular weight is 469 g/mol. The number of carboxylic acid groups (broad SMARTS) is 1. The summed E-state index contributed by atoms with van der Waals surface area (Å²) < 4.78 is 18.2. The monoisotopic (exact) mass is 468 g/mol. The van der Waals surface area contributed by atoms with E-state index in [-0.39, 0.29) is 37.7 Å². The molecule has 7 nitrogen and oxygen atoms in total. The summed E-state index contributed by atoms with van der Waals surface area (Å²) in [4.78, 5) is 36.9. The van der Waals surface area contributed by atoms with Crippen LogP contribution in [0.15, 0.2) is 42.0 Å². The largest absolute Gasteiger partial charge is 0.479 e. The molecule has 2 aromatic rings. The fourth-order valence-corrected chi connectivity index (χ4v) is 3.48. The molecule has 0 atom stereocenters. The third-order valence-electron chi connectivity index (χ3n) is 3.86. The summed E-state index contributed by atoms with van der Waals surface area (Å²) in [5.41, 5.74) is 0.295. The molecule has 11 heteroatoms. The third-order valence-corrected chi connectivity index (χ3v) is 4.70. The molecule has 0 bridgehead atoms. The molecule has 1 heterocycles. The minimum atomic E-state index is -1.21. The number of benzene rings is 2. The molecular weight excluding hydrogens is 458 g/mol. The molecule has 0 saturated carbocycles. The molecule has 0 radical (unpaired) electrons.